The maximum atomic E-state index is 13.2. The molecule has 0 aromatic heterocycles. The molecule has 4 rings (SSSR count). The molecule has 3 aliphatic rings. The predicted molar refractivity (Wildman–Crippen MR) is 111 cm³/mol. The van der Waals surface area contributed by atoms with Gasteiger partial charge in [-0.05, 0) is 43.6 Å². The molecule has 154 valence electrons. The van der Waals surface area contributed by atoms with Crippen LogP contribution in [0.15, 0.2) is 42.5 Å². The molecule has 1 saturated heterocycles. The largest absolute Gasteiger partial charge is 0.353 e. The van der Waals surface area contributed by atoms with Crippen LogP contribution in [-0.4, -0.2) is 35.2 Å². The Morgan fingerprint density at radius 1 is 1.07 bits per heavy atom. The van der Waals surface area contributed by atoms with Crippen LogP contribution in [0, 0.1) is 17.8 Å². The number of likely N-dealkylation sites (tertiary alicyclic amines) is 1. The van der Waals surface area contributed by atoms with E-state index in [4.69, 9.17) is 0 Å². The third-order valence-corrected chi connectivity index (χ3v) is 6.69. The Balaban J connectivity index is 1.49. The average molecular weight is 395 g/mol. The lowest BCUT2D eigenvalue weighted by molar-refractivity contribution is -0.148. The van der Waals surface area contributed by atoms with Crippen molar-refractivity contribution in [2.45, 2.75) is 57.4 Å². The molecule has 1 N–H and O–H groups in total. The Labute approximate surface area is 172 Å². The fourth-order valence-electron chi connectivity index (χ4n) is 4.79. The van der Waals surface area contributed by atoms with Gasteiger partial charge in [0.1, 0.15) is 6.04 Å². The van der Waals surface area contributed by atoms with E-state index in [1.807, 2.05) is 44.2 Å². The molecular weight excluding hydrogens is 364 g/mol. The zero-order valence-electron chi connectivity index (χ0n) is 17.3. The molecule has 29 heavy (non-hydrogen) atoms. The molecule has 5 nitrogen and oxygen atoms in total. The fraction of sp³-hybridized carbons (Fsp3) is 0.542. The van der Waals surface area contributed by atoms with Gasteiger partial charge in [-0.25, -0.2) is 0 Å². The van der Waals surface area contributed by atoms with Crippen LogP contribution in [0.2, 0.25) is 0 Å². The highest BCUT2D eigenvalue weighted by atomic mass is 16.2. The van der Waals surface area contributed by atoms with E-state index < -0.39 is 6.04 Å². The number of rotatable bonds is 7. The monoisotopic (exact) mass is 394 g/mol. The second-order valence-electron chi connectivity index (χ2n) is 9.21. The van der Waals surface area contributed by atoms with Crippen LogP contribution in [0.1, 0.15) is 51.5 Å². The average Bonchev–Trinajstić information content (AvgIpc) is 3.48. The molecule has 3 atom stereocenters. The number of fused-ring (bicyclic) bond motifs is 1. The van der Waals surface area contributed by atoms with E-state index in [1.54, 1.807) is 0 Å². The number of benzene rings is 1. The Kier molecular flexibility index (Phi) is 5.32. The molecule has 3 amide bonds. The van der Waals surface area contributed by atoms with Crippen molar-refractivity contribution in [3.8, 4) is 0 Å². The summed E-state index contributed by atoms with van der Waals surface area (Å²) in [5, 5.41) is 3.09. The maximum Gasteiger partial charge on any atom is 0.243 e. The van der Waals surface area contributed by atoms with Crippen molar-refractivity contribution in [1.82, 2.24) is 10.2 Å². The highest BCUT2D eigenvalue weighted by Crippen LogP contribution is 2.47. The van der Waals surface area contributed by atoms with Gasteiger partial charge in [-0.3, -0.25) is 19.3 Å². The highest BCUT2D eigenvalue weighted by molar-refractivity contribution is 6.08. The quantitative estimate of drug-likeness (QED) is 0.570. The van der Waals surface area contributed by atoms with Crippen LogP contribution >= 0.6 is 0 Å². The molecule has 3 unspecified atom stereocenters. The summed E-state index contributed by atoms with van der Waals surface area (Å²) in [6, 6.07) is 9.54. The minimum atomic E-state index is -0.716. The SMILES string of the molecule is CC(C)CC(C(=O)NCC1(c2ccccc2)CC1)N1C(=O)C2CC=CCC2C1=O. The molecule has 5 heteroatoms. The standard InChI is InChI=1S/C24H30N2O3/c1-16(2)14-20(26-22(28)18-10-6-7-11-19(18)23(26)29)21(27)25-15-24(12-13-24)17-8-4-3-5-9-17/h3-9,16,18-20H,10-15H2,1-2H3,(H,25,27). The summed E-state index contributed by atoms with van der Waals surface area (Å²) in [7, 11) is 0. The number of amides is 3. The van der Waals surface area contributed by atoms with Crippen molar-refractivity contribution in [2.24, 2.45) is 17.8 Å². The molecule has 2 fully saturated rings. The molecule has 1 aliphatic heterocycles. The van der Waals surface area contributed by atoms with Gasteiger partial charge in [0.05, 0.1) is 11.8 Å². The van der Waals surface area contributed by atoms with E-state index >= 15 is 0 Å². The minimum absolute atomic E-state index is 0.00373. The first-order valence-electron chi connectivity index (χ1n) is 10.8. The molecule has 1 heterocycles. The zero-order valence-corrected chi connectivity index (χ0v) is 17.3. The van der Waals surface area contributed by atoms with Gasteiger partial charge in [0.2, 0.25) is 17.7 Å². The predicted octanol–water partition coefficient (Wildman–Crippen LogP) is 3.20. The van der Waals surface area contributed by atoms with Crippen molar-refractivity contribution >= 4 is 17.7 Å². The highest BCUT2D eigenvalue weighted by Gasteiger charge is 2.51. The van der Waals surface area contributed by atoms with E-state index in [1.165, 1.54) is 10.5 Å². The fourth-order valence-corrected chi connectivity index (χ4v) is 4.79. The second kappa shape index (κ2) is 7.77. The van der Waals surface area contributed by atoms with E-state index in [0.29, 0.717) is 25.8 Å². The van der Waals surface area contributed by atoms with Crippen LogP contribution in [0.4, 0.5) is 0 Å². The van der Waals surface area contributed by atoms with Gasteiger partial charge >= 0.3 is 0 Å². The first-order valence-corrected chi connectivity index (χ1v) is 10.8. The van der Waals surface area contributed by atoms with E-state index in [-0.39, 0.29) is 40.9 Å². The van der Waals surface area contributed by atoms with Gasteiger partial charge in [-0.1, -0.05) is 56.3 Å². The van der Waals surface area contributed by atoms with Gasteiger partial charge in [0.15, 0.2) is 0 Å². The van der Waals surface area contributed by atoms with Crippen molar-refractivity contribution < 1.29 is 14.4 Å². The van der Waals surface area contributed by atoms with Crippen molar-refractivity contribution in [3.63, 3.8) is 0 Å². The summed E-state index contributed by atoms with van der Waals surface area (Å²) in [4.78, 5) is 40.5. The molecule has 0 radical (unpaired) electrons. The summed E-state index contributed by atoms with van der Waals surface area (Å²) in [6.07, 6.45) is 7.73. The smallest absolute Gasteiger partial charge is 0.243 e. The number of carbonyl (C=O) groups is 3. The Hall–Kier alpha value is -2.43. The lowest BCUT2D eigenvalue weighted by atomic mass is 9.85. The minimum Gasteiger partial charge on any atom is -0.353 e. The first-order chi connectivity index (χ1) is 13.9. The third kappa shape index (κ3) is 3.75. The number of hydrogen-bond donors (Lipinski definition) is 1. The van der Waals surface area contributed by atoms with Gasteiger partial charge in [-0.15, -0.1) is 0 Å². The molecular formula is C24H30N2O3. The third-order valence-electron chi connectivity index (χ3n) is 6.69. The molecule has 0 spiro atoms. The van der Waals surface area contributed by atoms with E-state index in [9.17, 15) is 14.4 Å². The van der Waals surface area contributed by atoms with E-state index in [2.05, 4.69) is 17.4 Å². The van der Waals surface area contributed by atoms with Gasteiger partial charge < -0.3 is 5.32 Å². The molecule has 0 bridgehead atoms. The summed E-state index contributed by atoms with van der Waals surface area (Å²) < 4.78 is 0. The maximum absolute atomic E-state index is 13.2. The number of nitrogens with one attached hydrogen (secondary N) is 1. The number of hydrogen-bond acceptors (Lipinski definition) is 3. The van der Waals surface area contributed by atoms with E-state index in [0.717, 1.165) is 12.8 Å². The van der Waals surface area contributed by atoms with Crippen molar-refractivity contribution in [1.29, 1.82) is 0 Å². The lowest BCUT2D eigenvalue weighted by Crippen LogP contribution is -2.51. The lowest BCUT2D eigenvalue weighted by Gasteiger charge is -2.28. The second-order valence-corrected chi connectivity index (χ2v) is 9.21. The number of allylic oxidation sites excluding steroid dienone is 2. The normalized spacial score (nSPS) is 25.8. The number of imide groups is 1. The van der Waals surface area contributed by atoms with Crippen LogP contribution in [0.3, 0.4) is 0 Å². The zero-order chi connectivity index (χ0) is 20.6. The molecule has 2 aliphatic carbocycles. The van der Waals surface area contributed by atoms with Crippen molar-refractivity contribution in [3.05, 3.63) is 48.0 Å². The molecule has 1 aromatic carbocycles. The van der Waals surface area contributed by atoms with Crippen LogP contribution in [-0.2, 0) is 19.8 Å². The topological polar surface area (TPSA) is 66.5 Å². The van der Waals surface area contributed by atoms with Crippen LogP contribution in [0.25, 0.3) is 0 Å². The summed E-state index contributed by atoms with van der Waals surface area (Å²) in [5.74, 6) is -0.933. The Bertz CT molecular complexity index is 800. The Morgan fingerprint density at radius 2 is 1.66 bits per heavy atom. The number of nitrogens with zero attached hydrogens (tertiary/aromatic N) is 1. The van der Waals surface area contributed by atoms with Gasteiger partial charge in [0, 0.05) is 12.0 Å². The van der Waals surface area contributed by atoms with Gasteiger partial charge in [0.25, 0.3) is 0 Å². The summed E-state index contributed by atoms with van der Waals surface area (Å²) >= 11 is 0. The molecule has 1 saturated carbocycles. The van der Waals surface area contributed by atoms with Crippen molar-refractivity contribution in [2.75, 3.05) is 6.54 Å². The van der Waals surface area contributed by atoms with Crippen LogP contribution in [0.5, 0.6) is 0 Å². The summed E-state index contributed by atoms with van der Waals surface area (Å²) in [6.45, 7) is 4.59. The summed E-state index contributed by atoms with van der Waals surface area (Å²) in [5.41, 5.74) is 1.24. The Morgan fingerprint density at radius 3 is 2.17 bits per heavy atom. The van der Waals surface area contributed by atoms with Gasteiger partial charge in [-0.2, -0.15) is 0 Å². The molecule has 1 aromatic rings. The number of carbonyl (C=O) groups excluding carboxylic acids is 3. The first kappa shape index (κ1) is 19.9. The van der Waals surface area contributed by atoms with Crippen LogP contribution < -0.4 is 5.32 Å².